The van der Waals surface area contributed by atoms with Crippen molar-refractivity contribution in [3.05, 3.63) is 39.4 Å². The Bertz CT molecular complexity index is 432. The molecule has 1 aliphatic rings. The van der Waals surface area contributed by atoms with E-state index in [4.69, 9.17) is 11.6 Å². The molecule has 0 aliphatic heterocycles. The SMILES string of the molecule is CC1=C(C)C([SiH3])c2ccc(Cl)c(C)c21. The molecule has 74 valence electrons. The van der Waals surface area contributed by atoms with Gasteiger partial charge < -0.3 is 0 Å². The highest BCUT2D eigenvalue weighted by Gasteiger charge is 2.24. The summed E-state index contributed by atoms with van der Waals surface area (Å²) in [5.41, 5.74) is 7.83. The van der Waals surface area contributed by atoms with Crippen LogP contribution in [0.5, 0.6) is 0 Å². The average molecular weight is 223 g/mol. The van der Waals surface area contributed by atoms with Gasteiger partial charge in [0, 0.05) is 15.3 Å². The van der Waals surface area contributed by atoms with Crippen LogP contribution in [0.25, 0.3) is 5.57 Å². The van der Waals surface area contributed by atoms with Gasteiger partial charge in [-0.25, -0.2) is 0 Å². The van der Waals surface area contributed by atoms with Crippen LogP contribution in [0.3, 0.4) is 0 Å². The second kappa shape index (κ2) is 3.25. The summed E-state index contributed by atoms with van der Waals surface area (Å²) in [5.74, 6) is 0. The van der Waals surface area contributed by atoms with Gasteiger partial charge in [0.05, 0.1) is 0 Å². The van der Waals surface area contributed by atoms with E-state index in [-0.39, 0.29) is 0 Å². The van der Waals surface area contributed by atoms with Crippen molar-refractivity contribution in [1.29, 1.82) is 0 Å². The van der Waals surface area contributed by atoms with Crippen LogP contribution < -0.4 is 0 Å². The van der Waals surface area contributed by atoms with E-state index in [2.05, 4.69) is 26.8 Å². The molecule has 1 atom stereocenters. The fraction of sp³-hybridized carbons (Fsp3) is 0.333. The van der Waals surface area contributed by atoms with E-state index in [1.165, 1.54) is 38.1 Å². The molecule has 2 rings (SSSR count). The first-order valence-electron chi connectivity index (χ1n) is 5.00. The molecule has 1 aromatic rings. The minimum absolute atomic E-state index is 0.695. The van der Waals surface area contributed by atoms with E-state index in [0.717, 1.165) is 5.02 Å². The third-order valence-corrected chi connectivity index (χ3v) is 5.41. The lowest BCUT2D eigenvalue weighted by Crippen LogP contribution is -1.96. The topological polar surface area (TPSA) is 0 Å². The van der Waals surface area contributed by atoms with Crippen LogP contribution in [0.15, 0.2) is 17.7 Å². The van der Waals surface area contributed by atoms with E-state index >= 15 is 0 Å². The van der Waals surface area contributed by atoms with Gasteiger partial charge in [-0.15, -0.1) is 0 Å². The molecule has 0 bridgehead atoms. The molecule has 0 aromatic heterocycles. The summed E-state index contributed by atoms with van der Waals surface area (Å²) in [6.45, 7) is 6.59. The standard InChI is InChI=1S/C12H15ClSi/c1-6-7(2)12(14)9-4-5-10(13)8(3)11(6)9/h4-5,12H,1-3,14H3. The van der Waals surface area contributed by atoms with Crippen molar-refractivity contribution in [3.63, 3.8) is 0 Å². The number of halogens is 1. The van der Waals surface area contributed by atoms with Gasteiger partial charge in [-0.1, -0.05) is 23.2 Å². The highest BCUT2D eigenvalue weighted by molar-refractivity contribution is 6.31. The largest absolute Gasteiger partial charge is 0.0840 e. The lowest BCUT2D eigenvalue weighted by molar-refractivity contribution is 1.13. The molecular formula is C12H15ClSi. The predicted octanol–water partition coefficient (Wildman–Crippen LogP) is 2.86. The number of hydrogen-bond donors (Lipinski definition) is 0. The highest BCUT2D eigenvalue weighted by Crippen LogP contribution is 2.42. The maximum absolute atomic E-state index is 6.14. The van der Waals surface area contributed by atoms with E-state index in [0.29, 0.717) is 5.54 Å². The normalized spacial score (nSPS) is 20.4. The van der Waals surface area contributed by atoms with Gasteiger partial charge in [-0.2, -0.15) is 0 Å². The fourth-order valence-corrected chi connectivity index (χ4v) is 3.39. The van der Waals surface area contributed by atoms with E-state index < -0.39 is 0 Å². The first-order chi connectivity index (χ1) is 6.54. The van der Waals surface area contributed by atoms with Crippen molar-refractivity contribution in [2.75, 3.05) is 0 Å². The highest BCUT2D eigenvalue weighted by atomic mass is 35.5. The second-order valence-electron chi connectivity index (χ2n) is 4.17. The van der Waals surface area contributed by atoms with Crippen molar-refractivity contribution in [2.45, 2.75) is 26.3 Å². The first-order valence-corrected chi connectivity index (χ1v) is 6.54. The van der Waals surface area contributed by atoms with E-state index in [9.17, 15) is 0 Å². The monoisotopic (exact) mass is 222 g/mol. The molecule has 14 heavy (non-hydrogen) atoms. The van der Waals surface area contributed by atoms with Gasteiger partial charge in [0.2, 0.25) is 0 Å². The molecule has 0 nitrogen and oxygen atoms in total. The predicted molar refractivity (Wildman–Crippen MR) is 67.1 cm³/mol. The summed E-state index contributed by atoms with van der Waals surface area (Å²) in [7, 11) is 1.20. The van der Waals surface area contributed by atoms with Crippen molar-refractivity contribution in [3.8, 4) is 0 Å². The molecule has 0 amide bonds. The summed E-state index contributed by atoms with van der Waals surface area (Å²) in [6.07, 6.45) is 0. The van der Waals surface area contributed by atoms with Gasteiger partial charge in [0.1, 0.15) is 0 Å². The lowest BCUT2D eigenvalue weighted by atomic mass is 10.0. The Morgan fingerprint density at radius 1 is 1.21 bits per heavy atom. The maximum atomic E-state index is 6.14. The van der Waals surface area contributed by atoms with Gasteiger partial charge >= 0.3 is 0 Å². The van der Waals surface area contributed by atoms with Crippen LogP contribution >= 0.6 is 11.6 Å². The van der Waals surface area contributed by atoms with Crippen LogP contribution in [0.4, 0.5) is 0 Å². The van der Waals surface area contributed by atoms with Crippen molar-refractivity contribution >= 4 is 27.4 Å². The smallest absolute Gasteiger partial charge is 0.0441 e. The summed E-state index contributed by atoms with van der Waals surface area (Å²) < 4.78 is 0. The van der Waals surface area contributed by atoms with E-state index in [1.807, 2.05) is 6.07 Å². The second-order valence-corrected chi connectivity index (χ2v) is 5.73. The average Bonchev–Trinajstić information content (AvgIpc) is 2.38. The first kappa shape index (κ1) is 10.0. The maximum Gasteiger partial charge on any atom is 0.0441 e. The number of allylic oxidation sites excluding steroid dienone is 2. The third kappa shape index (κ3) is 1.19. The number of benzene rings is 1. The van der Waals surface area contributed by atoms with Crippen LogP contribution in [-0.4, -0.2) is 10.2 Å². The van der Waals surface area contributed by atoms with Gasteiger partial charge in [0.15, 0.2) is 0 Å². The molecule has 0 saturated heterocycles. The molecule has 1 unspecified atom stereocenters. The Balaban J connectivity index is 2.75. The summed E-state index contributed by atoms with van der Waals surface area (Å²) in [5, 5.41) is 0.895. The van der Waals surface area contributed by atoms with Crippen LogP contribution in [0, 0.1) is 6.92 Å². The molecule has 1 aromatic carbocycles. The minimum atomic E-state index is 0.695. The molecule has 2 heteroatoms. The Hall–Kier alpha value is -0.533. The molecule has 1 aliphatic carbocycles. The summed E-state index contributed by atoms with van der Waals surface area (Å²) in [6, 6.07) is 4.23. The molecular weight excluding hydrogens is 208 g/mol. The van der Waals surface area contributed by atoms with Crippen LogP contribution in [0.1, 0.15) is 36.1 Å². The molecule has 0 N–H and O–H groups in total. The zero-order valence-corrected chi connectivity index (χ0v) is 11.9. The van der Waals surface area contributed by atoms with Crippen molar-refractivity contribution < 1.29 is 0 Å². The number of hydrogen-bond acceptors (Lipinski definition) is 0. The summed E-state index contributed by atoms with van der Waals surface area (Å²) in [4.78, 5) is 0. The van der Waals surface area contributed by atoms with E-state index in [1.54, 1.807) is 0 Å². The number of rotatable bonds is 0. The zero-order valence-electron chi connectivity index (χ0n) is 9.11. The molecule has 0 radical (unpaired) electrons. The number of fused-ring (bicyclic) bond motifs is 1. The Morgan fingerprint density at radius 2 is 1.86 bits per heavy atom. The Morgan fingerprint density at radius 3 is 2.50 bits per heavy atom. The fourth-order valence-electron chi connectivity index (χ4n) is 2.32. The molecule has 0 spiro atoms. The molecule has 0 saturated carbocycles. The van der Waals surface area contributed by atoms with Crippen molar-refractivity contribution in [2.24, 2.45) is 0 Å². The third-order valence-electron chi connectivity index (χ3n) is 3.51. The molecule has 0 fully saturated rings. The van der Waals surface area contributed by atoms with Crippen LogP contribution in [-0.2, 0) is 0 Å². The quantitative estimate of drug-likeness (QED) is 0.593. The Kier molecular flexibility index (Phi) is 2.32. The zero-order chi connectivity index (χ0) is 10.5. The van der Waals surface area contributed by atoms with Crippen molar-refractivity contribution in [1.82, 2.24) is 0 Å². The van der Waals surface area contributed by atoms with Gasteiger partial charge in [-0.3, -0.25) is 0 Å². The lowest BCUT2D eigenvalue weighted by Gasteiger charge is -2.10. The molecule has 0 heterocycles. The van der Waals surface area contributed by atoms with Gasteiger partial charge in [-0.05, 0) is 54.6 Å². The Labute approximate surface area is 93.4 Å². The minimum Gasteiger partial charge on any atom is -0.0840 e. The summed E-state index contributed by atoms with van der Waals surface area (Å²) >= 11 is 6.14. The van der Waals surface area contributed by atoms with Crippen LogP contribution in [0.2, 0.25) is 5.02 Å². The van der Waals surface area contributed by atoms with Gasteiger partial charge in [0.25, 0.3) is 0 Å².